The van der Waals surface area contributed by atoms with E-state index in [2.05, 4.69) is 21.9 Å². The Bertz CT molecular complexity index is 713. The molecule has 1 heterocycles. The lowest BCUT2D eigenvalue weighted by molar-refractivity contribution is 0.0789. The fraction of sp³-hybridized carbons (Fsp3) is 0.632. The number of benzene rings is 1. The maximum absolute atomic E-state index is 12.7. The number of rotatable bonds is 10. The zero-order chi connectivity index (χ0) is 19.7. The van der Waals surface area contributed by atoms with Crippen LogP contribution in [0.5, 0.6) is 0 Å². The molecule has 0 aromatic heterocycles. The number of nitrogens with zero attached hydrogens (tertiary/aromatic N) is 2. The minimum Gasteiger partial charge on any atom is -0.342 e. The van der Waals surface area contributed by atoms with Gasteiger partial charge in [0.05, 0.1) is 10.5 Å². The van der Waals surface area contributed by atoms with Crippen LogP contribution in [0.1, 0.15) is 36.5 Å². The molecule has 1 aliphatic heterocycles. The van der Waals surface area contributed by atoms with Crippen molar-refractivity contribution in [3.05, 3.63) is 29.8 Å². The van der Waals surface area contributed by atoms with Gasteiger partial charge in [-0.3, -0.25) is 4.79 Å². The molecule has 1 aliphatic rings. The molecule has 1 fully saturated rings. The number of nitrogens with one attached hydrogen (secondary N) is 2. The quantitative estimate of drug-likeness (QED) is 0.513. The molecule has 2 rings (SSSR count). The van der Waals surface area contributed by atoms with Gasteiger partial charge in [-0.15, -0.1) is 24.8 Å². The summed E-state index contributed by atoms with van der Waals surface area (Å²) in [7, 11) is -2.01. The molecule has 0 bridgehead atoms. The van der Waals surface area contributed by atoms with Crippen LogP contribution in [0.25, 0.3) is 0 Å². The molecule has 0 atom stereocenters. The lowest BCUT2D eigenvalue weighted by atomic mass is 10.2. The SMILES string of the molecule is CCCCN(C)C(=O)c1ccccc1S(=O)(=O)NCCCN1CCNCC1.Cl.Cl. The molecular formula is C19H34Cl2N4O3S. The van der Waals surface area contributed by atoms with Gasteiger partial charge in [-0.1, -0.05) is 25.5 Å². The minimum atomic E-state index is -3.72. The lowest BCUT2D eigenvalue weighted by Crippen LogP contribution is -2.44. The maximum Gasteiger partial charge on any atom is 0.254 e. The summed E-state index contributed by atoms with van der Waals surface area (Å²) in [6.45, 7) is 7.84. The van der Waals surface area contributed by atoms with Gasteiger partial charge in [-0.05, 0) is 31.5 Å². The van der Waals surface area contributed by atoms with Crippen LogP contribution in [-0.2, 0) is 10.0 Å². The summed E-state index contributed by atoms with van der Waals surface area (Å²) in [5, 5.41) is 3.30. The molecule has 2 N–H and O–H groups in total. The van der Waals surface area contributed by atoms with Crippen LogP contribution < -0.4 is 10.0 Å². The molecule has 1 saturated heterocycles. The normalized spacial score (nSPS) is 14.6. The van der Waals surface area contributed by atoms with Crippen LogP contribution in [0.2, 0.25) is 0 Å². The summed E-state index contributed by atoms with van der Waals surface area (Å²) in [6.07, 6.45) is 2.61. The number of halogens is 2. The van der Waals surface area contributed by atoms with Crippen molar-refractivity contribution >= 4 is 40.7 Å². The highest BCUT2D eigenvalue weighted by molar-refractivity contribution is 7.89. The second-order valence-electron chi connectivity index (χ2n) is 6.92. The van der Waals surface area contributed by atoms with Crippen molar-refractivity contribution in [3.63, 3.8) is 0 Å². The van der Waals surface area contributed by atoms with Crippen molar-refractivity contribution in [2.75, 3.05) is 52.9 Å². The molecule has 7 nitrogen and oxygen atoms in total. The van der Waals surface area contributed by atoms with Crippen LogP contribution >= 0.6 is 24.8 Å². The van der Waals surface area contributed by atoms with E-state index >= 15 is 0 Å². The van der Waals surface area contributed by atoms with Crippen molar-refractivity contribution < 1.29 is 13.2 Å². The van der Waals surface area contributed by atoms with Gasteiger partial charge in [0.15, 0.2) is 0 Å². The Morgan fingerprint density at radius 1 is 1.17 bits per heavy atom. The summed E-state index contributed by atoms with van der Waals surface area (Å²) in [5.41, 5.74) is 0.228. The molecule has 0 aliphatic carbocycles. The van der Waals surface area contributed by atoms with Gasteiger partial charge in [-0.25, -0.2) is 13.1 Å². The summed E-state index contributed by atoms with van der Waals surface area (Å²) in [6, 6.07) is 6.43. The Morgan fingerprint density at radius 2 is 1.83 bits per heavy atom. The number of hydrogen-bond donors (Lipinski definition) is 2. The lowest BCUT2D eigenvalue weighted by Gasteiger charge is -2.27. The average molecular weight is 469 g/mol. The van der Waals surface area contributed by atoms with Gasteiger partial charge in [0, 0.05) is 46.3 Å². The number of piperazine rings is 1. The van der Waals surface area contributed by atoms with E-state index in [1.54, 1.807) is 30.1 Å². The predicted octanol–water partition coefficient (Wildman–Crippen LogP) is 1.98. The van der Waals surface area contributed by atoms with E-state index in [0.717, 1.165) is 52.0 Å². The van der Waals surface area contributed by atoms with E-state index in [9.17, 15) is 13.2 Å². The zero-order valence-electron chi connectivity index (χ0n) is 17.2. The molecular weight excluding hydrogens is 435 g/mol. The number of hydrogen-bond acceptors (Lipinski definition) is 5. The third-order valence-corrected chi connectivity index (χ3v) is 6.27. The van der Waals surface area contributed by atoms with Gasteiger partial charge < -0.3 is 15.1 Å². The van der Waals surface area contributed by atoms with Crippen molar-refractivity contribution in [2.45, 2.75) is 31.1 Å². The fourth-order valence-electron chi connectivity index (χ4n) is 3.10. The third kappa shape index (κ3) is 8.78. The third-order valence-electron chi connectivity index (χ3n) is 4.75. The average Bonchev–Trinajstić information content (AvgIpc) is 2.69. The Labute approximate surface area is 187 Å². The van der Waals surface area contributed by atoms with Gasteiger partial charge in [0.2, 0.25) is 10.0 Å². The van der Waals surface area contributed by atoms with Crippen LogP contribution in [0, 0.1) is 0 Å². The van der Waals surface area contributed by atoms with Gasteiger partial charge in [-0.2, -0.15) is 0 Å². The second-order valence-corrected chi connectivity index (χ2v) is 8.65. The fourth-order valence-corrected chi connectivity index (χ4v) is 4.37. The summed E-state index contributed by atoms with van der Waals surface area (Å²) >= 11 is 0. The largest absolute Gasteiger partial charge is 0.342 e. The minimum absolute atomic E-state index is 0. The first-order valence-electron chi connectivity index (χ1n) is 9.73. The number of unbranched alkanes of at least 4 members (excludes halogenated alkanes) is 1. The van der Waals surface area contributed by atoms with Gasteiger partial charge in [0.25, 0.3) is 5.91 Å². The van der Waals surface area contributed by atoms with E-state index in [4.69, 9.17) is 0 Å². The smallest absolute Gasteiger partial charge is 0.254 e. The van der Waals surface area contributed by atoms with Crippen molar-refractivity contribution in [3.8, 4) is 0 Å². The molecule has 1 aromatic rings. The molecule has 0 radical (unpaired) electrons. The van der Waals surface area contributed by atoms with E-state index in [1.807, 2.05) is 0 Å². The first kappa shape index (κ1) is 28.1. The molecule has 10 heteroatoms. The van der Waals surface area contributed by atoms with Gasteiger partial charge >= 0.3 is 0 Å². The molecule has 168 valence electrons. The molecule has 1 aromatic carbocycles. The number of amides is 1. The monoisotopic (exact) mass is 468 g/mol. The standard InChI is InChI=1S/C19H32N4O3S.2ClH/c1-3-4-13-22(2)19(24)17-8-5-6-9-18(17)27(25,26)21-10-7-14-23-15-11-20-12-16-23;;/h5-6,8-9,20-21H,3-4,7,10-16H2,1-2H3;2*1H. The van der Waals surface area contributed by atoms with E-state index in [-0.39, 0.29) is 41.2 Å². The zero-order valence-corrected chi connectivity index (χ0v) is 19.7. The highest BCUT2D eigenvalue weighted by atomic mass is 35.5. The van der Waals surface area contributed by atoms with Crippen molar-refractivity contribution in [2.24, 2.45) is 0 Å². The molecule has 0 spiro atoms. The van der Waals surface area contributed by atoms with Crippen LogP contribution in [0.3, 0.4) is 0 Å². The number of sulfonamides is 1. The van der Waals surface area contributed by atoms with E-state index < -0.39 is 10.0 Å². The number of carbonyl (C=O) groups excluding carboxylic acids is 1. The van der Waals surface area contributed by atoms with Crippen LogP contribution in [0.4, 0.5) is 0 Å². The molecule has 1 amide bonds. The van der Waals surface area contributed by atoms with Crippen molar-refractivity contribution in [1.82, 2.24) is 19.8 Å². The van der Waals surface area contributed by atoms with E-state index in [0.29, 0.717) is 13.1 Å². The molecule has 0 unspecified atom stereocenters. The summed E-state index contributed by atoms with van der Waals surface area (Å²) in [4.78, 5) is 16.6. The molecule has 29 heavy (non-hydrogen) atoms. The Kier molecular flexibility index (Phi) is 13.7. The van der Waals surface area contributed by atoms with Crippen LogP contribution in [0.15, 0.2) is 29.2 Å². The van der Waals surface area contributed by atoms with Crippen molar-refractivity contribution in [1.29, 1.82) is 0 Å². The van der Waals surface area contributed by atoms with Gasteiger partial charge in [0.1, 0.15) is 0 Å². The topological polar surface area (TPSA) is 81.8 Å². The van der Waals surface area contributed by atoms with Crippen LogP contribution in [-0.4, -0.2) is 77.0 Å². The summed E-state index contributed by atoms with van der Waals surface area (Å²) < 4.78 is 28.1. The van der Waals surface area contributed by atoms with E-state index in [1.165, 1.54) is 6.07 Å². The summed E-state index contributed by atoms with van der Waals surface area (Å²) in [5.74, 6) is -0.259. The Morgan fingerprint density at radius 3 is 2.48 bits per heavy atom. The first-order chi connectivity index (χ1) is 13.0. The second kappa shape index (κ2) is 14.2. The first-order valence-corrected chi connectivity index (χ1v) is 11.2. The maximum atomic E-state index is 12.7. The number of carbonyl (C=O) groups is 1. The Balaban J connectivity index is 0.00000392. The highest BCUT2D eigenvalue weighted by Gasteiger charge is 2.23. The Hall–Kier alpha value is -0.900. The highest BCUT2D eigenvalue weighted by Crippen LogP contribution is 2.17. The predicted molar refractivity (Wildman–Crippen MR) is 122 cm³/mol. The molecule has 0 saturated carbocycles.